The van der Waals surface area contributed by atoms with E-state index in [2.05, 4.69) is 64.5 Å². The maximum absolute atomic E-state index is 12.5. The molecule has 3 aromatic rings. The van der Waals surface area contributed by atoms with Crippen LogP contribution in [0.1, 0.15) is 52.5 Å². The molecule has 0 fully saturated rings. The zero-order valence-electron chi connectivity index (χ0n) is 18.6. The molecule has 0 aromatic heterocycles. The molecule has 3 amide bonds. The van der Waals surface area contributed by atoms with Crippen LogP contribution in [0.25, 0.3) is 0 Å². The predicted molar refractivity (Wildman–Crippen MR) is 129 cm³/mol. The van der Waals surface area contributed by atoms with Gasteiger partial charge in [0.25, 0.3) is 0 Å². The van der Waals surface area contributed by atoms with Gasteiger partial charge in [-0.1, -0.05) is 78.9 Å². The Balaban J connectivity index is 1.12. The van der Waals surface area contributed by atoms with E-state index in [4.69, 9.17) is 0 Å². The van der Waals surface area contributed by atoms with Crippen LogP contribution >= 0.6 is 0 Å². The predicted octanol–water partition coefficient (Wildman–Crippen LogP) is 4.29. The van der Waals surface area contributed by atoms with E-state index in [1.165, 1.54) is 22.3 Å². The van der Waals surface area contributed by atoms with E-state index in [1.54, 1.807) is 0 Å². The maximum Gasteiger partial charge on any atom is 0.315 e. The number of fused-ring (bicyclic) bond motifs is 1. The molecule has 2 bridgehead atoms. The maximum atomic E-state index is 12.5. The summed E-state index contributed by atoms with van der Waals surface area (Å²) in [5.74, 6) is 1.08. The minimum Gasteiger partial charge on any atom is -0.356 e. The van der Waals surface area contributed by atoms with Gasteiger partial charge >= 0.3 is 6.03 Å². The minimum atomic E-state index is -0.260. The van der Waals surface area contributed by atoms with Gasteiger partial charge in [0.05, 0.1) is 0 Å². The van der Waals surface area contributed by atoms with E-state index in [0.29, 0.717) is 37.4 Å². The van der Waals surface area contributed by atoms with Gasteiger partial charge in [0, 0.05) is 37.9 Å². The monoisotopic (exact) mass is 439 g/mol. The van der Waals surface area contributed by atoms with Gasteiger partial charge in [-0.2, -0.15) is 0 Å². The number of hydrogen-bond donors (Lipinski definition) is 3. The number of urea groups is 1. The van der Waals surface area contributed by atoms with Crippen molar-refractivity contribution in [1.29, 1.82) is 0 Å². The molecule has 0 spiro atoms. The van der Waals surface area contributed by atoms with E-state index >= 15 is 0 Å². The van der Waals surface area contributed by atoms with Crippen LogP contribution in [-0.4, -0.2) is 25.0 Å². The lowest BCUT2D eigenvalue weighted by Crippen LogP contribution is -2.41. The fourth-order valence-corrected chi connectivity index (χ4v) is 5.42. The Kier molecular flexibility index (Phi) is 6.11. The molecule has 1 atom stereocenters. The number of carbonyl (C=O) groups excluding carboxylic acids is 2. The molecule has 0 heterocycles. The first kappa shape index (κ1) is 21.3. The molecule has 3 N–H and O–H groups in total. The first-order valence-electron chi connectivity index (χ1n) is 11.7. The van der Waals surface area contributed by atoms with Crippen molar-refractivity contribution in [3.8, 4) is 0 Å². The van der Waals surface area contributed by atoms with Crippen molar-refractivity contribution >= 4 is 11.9 Å². The highest BCUT2D eigenvalue weighted by atomic mass is 16.2. The van der Waals surface area contributed by atoms with Gasteiger partial charge in [-0.05, 0) is 40.2 Å². The van der Waals surface area contributed by atoms with Gasteiger partial charge in [-0.25, -0.2) is 4.79 Å². The molecule has 0 aliphatic heterocycles. The summed E-state index contributed by atoms with van der Waals surface area (Å²) in [5.41, 5.74) is 6.73. The second kappa shape index (κ2) is 9.49. The fraction of sp³-hybridized carbons (Fsp3) is 0.286. The largest absolute Gasteiger partial charge is 0.356 e. The Morgan fingerprint density at radius 1 is 0.727 bits per heavy atom. The van der Waals surface area contributed by atoms with E-state index in [0.717, 1.165) is 12.0 Å². The van der Waals surface area contributed by atoms with Crippen molar-refractivity contribution in [2.45, 2.75) is 31.2 Å². The average molecular weight is 440 g/mol. The summed E-state index contributed by atoms with van der Waals surface area (Å²) in [6.45, 7) is 1.43. The molecular weight excluding hydrogens is 410 g/mol. The third kappa shape index (κ3) is 4.49. The van der Waals surface area contributed by atoms with Gasteiger partial charge in [0.15, 0.2) is 0 Å². The van der Waals surface area contributed by atoms with E-state index in [-0.39, 0.29) is 18.4 Å². The van der Waals surface area contributed by atoms with Gasteiger partial charge in [-0.3, -0.25) is 4.79 Å². The van der Waals surface area contributed by atoms with E-state index in [9.17, 15) is 9.59 Å². The van der Waals surface area contributed by atoms with Crippen LogP contribution in [0.2, 0.25) is 0 Å². The highest BCUT2D eigenvalue weighted by Gasteiger charge is 2.42. The molecule has 3 aromatic carbocycles. The van der Waals surface area contributed by atoms with Crippen LogP contribution in [0.4, 0.5) is 4.79 Å². The van der Waals surface area contributed by atoms with Crippen molar-refractivity contribution in [2.24, 2.45) is 5.92 Å². The van der Waals surface area contributed by atoms with E-state index < -0.39 is 0 Å². The first-order chi connectivity index (χ1) is 16.2. The topological polar surface area (TPSA) is 70.2 Å². The Bertz CT molecular complexity index is 1100. The van der Waals surface area contributed by atoms with Crippen molar-refractivity contribution in [3.05, 3.63) is 107 Å². The Hall–Kier alpha value is -3.60. The molecule has 5 heteroatoms. The normalized spacial score (nSPS) is 19.8. The number of hydrogen-bond acceptors (Lipinski definition) is 2. The zero-order chi connectivity index (χ0) is 22.6. The minimum absolute atomic E-state index is 0.0265. The summed E-state index contributed by atoms with van der Waals surface area (Å²) in [5, 5.41) is 8.70. The summed E-state index contributed by atoms with van der Waals surface area (Å²) in [6, 6.07) is 27.0. The molecular formula is C28H29N3O2. The SMILES string of the molecule is O=C(CCNC(=O)NCc1ccccc1)NC[C@H]1CC2c3ccccc3C1c1ccccc12. The molecule has 0 saturated heterocycles. The van der Waals surface area contributed by atoms with Crippen LogP contribution < -0.4 is 16.0 Å². The van der Waals surface area contributed by atoms with Crippen molar-refractivity contribution in [1.82, 2.24) is 16.0 Å². The Morgan fingerprint density at radius 3 is 2.00 bits per heavy atom. The zero-order valence-corrected chi connectivity index (χ0v) is 18.6. The Labute approximate surface area is 194 Å². The third-order valence-electron chi connectivity index (χ3n) is 6.92. The smallest absolute Gasteiger partial charge is 0.315 e. The second-order valence-corrected chi connectivity index (χ2v) is 8.93. The van der Waals surface area contributed by atoms with Crippen molar-refractivity contribution in [3.63, 3.8) is 0 Å². The number of benzene rings is 3. The fourth-order valence-electron chi connectivity index (χ4n) is 5.42. The third-order valence-corrected chi connectivity index (χ3v) is 6.92. The lowest BCUT2D eigenvalue weighted by Gasteiger charge is -2.45. The van der Waals surface area contributed by atoms with E-state index in [1.807, 2.05) is 30.3 Å². The summed E-state index contributed by atoms with van der Waals surface area (Å²) in [6.07, 6.45) is 1.33. The standard InChI is InChI=1S/C28H29N3O2/c32-26(14-15-29-28(33)31-17-19-8-2-1-3-9-19)30-18-20-16-25-21-10-4-6-12-23(21)27(20)24-13-7-5-11-22(24)25/h1-13,20,25,27H,14-18H2,(H,30,32)(H2,29,31,33)/t20-,25?,27?/m1/s1. The highest BCUT2D eigenvalue weighted by molar-refractivity contribution is 5.78. The molecule has 0 radical (unpaired) electrons. The first-order valence-corrected chi connectivity index (χ1v) is 11.7. The lowest BCUT2D eigenvalue weighted by atomic mass is 9.59. The van der Waals surface area contributed by atoms with Crippen LogP contribution in [0, 0.1) is 5.92 Å². The van der Waals surface area contributed by atoms with Gasteiger partial charge < -0.3 is 16.0 Å². The number of nitrogens with one attached hydrogen (secondary N) is 3. The number of amides is 3. The molecule has 3 aliphatic rings. The van der Waals surface area contributed by atoms with Crippen LogP contribution in [0.15, 0.2) is 78.9 Å². The van der Waals surface area contributed by atoms with Crippen molar-refractivity contribution in [2.75, 3.05) is 13.1 Å². The Morgan fingerprint density at radius 2 is 1.33 bits per heavy atom. The molecule has 33 heavy (non-hydrogen) atoms. The van der Waals surface area contributed by atoms with Gasteiger partial charge in [0.1, 0.15) is 0 Å². The van der Waals surface area contributed by atoms with Gasteiger partial charge in [0.2, 0.25) is 5.91 Å². The highest BCUT2D eigenvalue weighted by Crippen LogP contribution is 2.55. The summed E-state index contributed by atoms with van der Waals surface area (Å²) >= 11 is 0. The van der Waals surface area contributed by atoms with Gasteiger partial charge in [-0.15, -0.1) is 0 Å². The number of carbonyl (C=O) groups is 2. The summed E-state index contributed by atoms with van der Waals surface area (Å²) in [4.78, 5) is 24.4. The molecule has 5 nitrogen and oxygen atoms in total. The molecule has 0 unspecified atom stereocenters. The molecule has 0 saturated carbocycles. The average Bonchev–Trinajstić information content (AvgIpc) is 2.87. The number of rotatable bonds is 7. The van der Waals surface area contributed by atoms with Crippen LogP contribution in [0.5, 0.6) is 0 Å². The second-order valence-electron chi connectivity index (χ2n) is 8.93. The molecule has 3 aliphatic carbocycles. The van der Waals surface area contributed by atoms with Crippen LogP contribution in [-0.2, 0) is 11.3 Å². The molecule has 168 valence electrons. The quantitative estimate of drug-likeness (QED) is 0.514. The van der Waals surface area contributed by atoms with Crippen LogP contribution in [0.3, 0.4) is 0 Å². The lowest BCUT2D eigenvalue weighted by molar-refractivity contribution is -0.121. The molecule has 6 rings (SSSR count). The van der Waals surface area contributed by atoms with Crippen molar-refractivity contribution < 1.29 is 9.59 Å². The summed E-state index contributed by atoms with van der Waals surface area (Å²) < 4.78 is 0. The summed E-state index contributed by atoms with van der Waals surface area (Å²) in [7, 11) is 0.